The molecule has 3 N–H and O–H groups in total. The summed E-state index contributed by atoms with van der Waals surface area (Å²) in [6.07, 6.45) is 3.61. The number of nitrogens with one attached hydrogen (secondary N) is 3. The highest BCUT2D eigenvalue weighted by atomic mass is 16.5. The minimum absolute atomic E-state index is 0.00454. The fourth-order valence-corrected chi connectivity index (χ4v) is 2.95. The van der Waals surface area contributed by atoms with E-state index >= 15 is 0 Å². The number of imidazole rings is 1. The molecule has 7 nitrogen and oxygen atoms in total. The summed E-state index contributed by atoms with van der Waals surface area (Å²) in [4.78, 5) is 24.3. The number of pyridine rings is 1. The highest BCUT2D eigenvalue weighted by molar-refractivity contribution is 5.82. The summed E-state index contributed by atoms with van der Waals surface area (Å²) >= 11 is 0. The number of aromatic nitrogens is 3. The Balaban J connectivity index is 1.58. The number of amides is 1. The van der Waals surface area contributed by atoms with Gasteiger partial charge in [0.2, 0.25) is 5.91 Å². The summed E-state index contributed by atoms with van der Waals surface area (Å²) in [5.74, 6) is 0.931. The number of aromatic amines is 1. The standard InChI is InChI=1S/C17H25N5O2/c1-11(2)15(20-12-5-8-24-9-6-12)17(23)19-10-14-21-13-4-3-7-18-16(13)22-14/h3-4,7,11-12,15,20H,5-6,8-10H2,1-2H3,(H,19,23)(H,18,21,22). The van der Waals surface area contributed by atoms with Crippen molar-refractivity contribution in [3.8, 4) is 0 Å². The molecule has 1 fully saturated rings. The van der Waals surface area contributed by atoms with E-state index in [-0.39, 0.29) is 17.9 Å². The molecular weight excluding hydrogens is 306 g/mol. The molecule has 0 bridgehead atoms. The summed E-state index contributed by atoms with van der Waals surface area (Å²) in [6.45, 7) is 6.00. The Morgan fingerprint density at radius 3 is 2.92 bits per heavy atom. The smallest absolute Gasteiger partial charge is 0.237 e. The Labute approximate surface area is 141 Å². The number of rotatable bonds is 6. The highest BCUT2D eigenvalue weighted by Crippen LogP contribution is 2.11. The van der Waals surface area contributed by atoms with E-state index in [1.165, 1.54) is 0 Å². The number of carbonyl (C=O) groups excluding carboxylic acids is 1. The first-order chi connectivity index (χ1) is 11.6. The van der Waals surface area contributed by atoms with Gasteiger partial charge < -0.3 is 20.4 Å². The van der Waals surface area contributed by atoms with Crippen LogP contribution in [0.2, 0.25) is 0 Å². The van der Waals surface area contributed by atoms with Crippen LogP contribution in [0.4, 0.5) is 0 Å². The summed E-state index contributed by atoms with van der Waals surface area (Å²) < 4.78 is 5.38. The lowest BCUT2D eigenvalue weighted by Gasteiger charge is -2.29. The zero-order valence-corrected chi connectivity index (χ0v) is 14.2. The molecule has 1 saturated heterocycles. The minimum Gasteiger partial charge on any atom is -0.381 e. The second-order valence-corrected chi connectivity index (χ2v) is 6.55. The number of ether oxygens (including phenoxy) is 1. The molecule has 2 aromatic heterocycles. The molecule has 130 valence electrons. The lowest BCUT2D eigenvalue weighted by molar-refractivity contribution is -0.124. The average Bonchev–Trinajstić information content (AvgIpc) is 3.01. The predicted molar refractivity (Wildman–Crippen MR) is 91.3 cm³/mol. The van der Waals surface area contributed by atoms with Crippen LogP contribution in [-0.2, 0) is 16.1 Å². The first kappa shape index (κ1) is 16.9. The van der Waals surface area contributed by atoms with Gasteiger partial charge in [-0.05, 0) is 30.9 Å². The van der Waals surface area contributed by atoms with Crippen LogP contribution in [0.5, 0.6) is 0 Å². The molecule has 1 amide bonds. The van der Waals surface area contributed by atoms with Crippen molar-refractivity contribution in [1.29, 1.82) is 0 Å². The second kappa shape index (κ2) is 7.72. The molecule has 2 aromatic rings. The first-order valence-electron chi connectivity index (χ1n) is 8.54. The molecule has 1 unspecified atom stereocenters. The highest BCUT2D eigenvalue weighted by Gasteiger charge is 2.26. The van der Waals surface area contributed by atoms with Crippen molar-refractivity contribution in [2.75, 3.05) is 13.2 Å². The van der Waals surface area contributed by atoms with Crippen molar-refractivity contribution in [2.45, 2.75) is 45.3 Å². The number of hydrogen-bond acceptors (Lipinski definition) is 5. The lowest BCUT2D eigenvalue weighted by Crippen LogP contribution is -2.52. The maximum absolute atomic E-state index is 12.6. The van der Waals surface area contributed by atoms with Gasteiger partial charge in [-0.2, -0.15) is 0 Å². The van der Waals surface area contributed by atoms with E-state index in [0.717, 1.165) is 31.6 Å². The molecule has 0 aromatic carbocycles. The number of carbonyl (C=O) groups is 1. The Bertz CT molecular complexity index is 645. The summed E-state index contributed by atoms with van der Waals surface area (Å²) in [5, 5.41) is 6.46. The van der Waals surface area contributed by atoms with Gasteiger partial charge in [0.1, 0.15) is 5.82 Å². The summed E-state index contributed by atoms with van der Waals surface area (Å²) in [5.41, 5.74) is 1.55. The van der Waals surface area contributed by atoms with Gasteiger partial charge in [0.15, 0.2) is 5.65 Å². The zero-order valence-electron chi connectivity index (χ0n) is 14.2. The van der Waals surface area contributed by atoms with Gasteiger partial charge in [-0.25, -0.2) is 9.97 Å². The number of nitrogens with zero attached hydrogens (tertiary/aromatic N) is 2. The van der Waals surface area contributed by atoms with E-state index < -0.39 is 0 Å². The Hall–Kier alpha value is -1.99. The molecule has 24 heavy (non-hydrogen) atoms. The van der Waals surface area contributed by atoms with Gasteiger partial charge in [-0.15, -0.1) is 0 Å². The van der Waals surface area contributed by atoms with Gasteiger partial charge >= 0.3 is 0 Å². The molecule has 0 radical (unpaired) electrons. The molecule has 3 rings (SSSR count). The average molecular weight is 331 g/mol. The molecule has 1 aliphatic rings. The SMILES string of the molecule is CC(C)C(NC1CCOCC1)C(=O)NCc1nc2ncccc2[nH]1. The largest absolute Gasteiger partial charge is 0.381 e. The van der Waals surface area contributed by atoms with E-state index in [9.17, 15) is 4.79 Å². The van der Waals surface area contributed by atoms with Crippen molar-refractivity contribution in [3.63, 3.8) is 0 Å². The Morgan fingerprint density at radius 2 is 2.21 bits per heavy atom. The van der Waals surface area contributed by atoms with Gasteiger partial charge in [0.25, 0.3) is 0 Å². The van der Waals surface area contributed by atoms with Crippen molar-refractivity contribution in [1.82, 2.24) is 25.6 Å². The number of hydrogen-bond donors (Lipinski definition) is 3. The minimum atomic E-state index is -0.212. The van der Waals surface area contributed by atoms with Crippen molar-refractivity contribution in [2.24, 2.45) is 5.92 Å². The van der Waals surface area contributed by atoms with Crippen LogP contribution < -0.4 is 10.6 Å². The Kier molecular flexibility index (Phi) is 5.42. The summed E-state index contributed by atoms with van der Waals surface area (Å²) in [6, 6.07) is 3.91. The van der Waals surface area contributed by atoms with Gasteiger partial charge in [-0.1, -0.05) is 13.8 Å². The molecule has 0 saturated carbocycles. The second-order valence-electron chi connectivity index (χ2n) is 6.55. The molecule has 7 heteroatoms. The maximum Gasteiger partial charge on any atom is 0.237 e. The van der Waals surface area contributed by atoms with Crippen molar-refractivity contribution < 1.29 is 9.53 Å². The van der Waals surface area contributed by atoms with Crippen LogP contribution in [0.3, 0.4) is 0 Å². The monoisotopic (exact) mass is 331 g/mol. The van der Waals surface area contributed by atoms with Crippen LogP contribution in [0, 0.1) is 5.92 Å². The van der Waals surface area contributed by atoms with E-state index in [2.05, 4.69) is 39.4 Å². The van der Waals surface area contributed by atoms with Crippen LogP contribution in [0.1, 0.15) is 32.5 Å². The van der Waals surface area contributed by atoms with Gasteiger partial charge in [-0.3, -0.25) is 4.79 Å². The van der Waals surface area contributed by atoms with E-state index in [0.29, 0.717) is 24.1 Å². The molecule has 0 spiro atoms. The molecule has 1 atom stereocenters. The van der Waals surface area contributed by atoms with Crippen LogP contribution in [0.15, 0.2) is 18.3 Å². The lowest BCUT2D eigenvalue weighted by atomic mass is 10.00. The maximum atomic E-state index is 12.6. The Morgan fingerprint density at radius 1 is 1.42 bits per heavy atom. The molecule has 1 aliphatic heterocycles. The third-order valence-corrected chi connectivity index (χ3v) is 4.32. The van der Waals surface area contributed by atoms with Crippen LogP contribution in [0.25, 0.3) is 11.2 Å². The van der Waals surface area contributed by atoms with Crippen LogP contribution in [-0.4, -0.2) is 46.2 Å². The molecule has 0 aliphatic carbocycles. The van der Waals surface area contributed by atoms with E-state index in [4.69, 9.17) is 4.74 Å². The fraction of sp³-hybridized carbons (Fsp3) is 0.588. The normalized spacial score (nSPS) is 17.3. The quantitative estimate of drug-likeness (QED) is 0.743. The van der Waals surface area contributed by atoms with Gasteiger partial charge in [0, 0.05) is 25.5 Å². The van der Waals surface area contributed by atoms with Crippen molar-refractivity contribution >= 4 is 17.1 Å². The summed E-state index contributed by atoms with van der Waals surface area (Å²) in [7, 11) is 0. The van der Waals surface area contributed by atoms with E-state index in [1.807, 2.05) is 12.1 Å². The fourth-order valence-electron chi connectivity index (χ4n) is 2.95. The first-order valence-corrected chi connectivity index (χ1v) is 8.54. The predicted octanol–water partition coefficient (Wildman–Crippen LogP) is 1.37. The molecular formula is C17H25N5O2. The van der Waals surface area contributed by atoms with E-state index in [1.54, 1.807) is 6.20 Å². The number of H-pyrrole nitrogens is 1. The third kappa shape index (κ3) is 4.10. The zero-order chi connectivity index (χ0) is 16.9. The topological polar surface area (TPSA) is 91.9 Å². The third-order valence-electron chi connectivity index (χ3n) is 4.32. The molecule has 3 heterocycles. The number of fused-ring (bicyclic) bond motifs is 1. The van der Waals surface area contributed by atoms with Crippen LogP contribution >= 0.6 is 0 Å². The van der Waals surface area contributed by atoms with Gasteiger partial charge in [0.05, 0.1) is 18.1 Å². The van der Waals surface area contributed by atoms with Crippen molar-refractivity contribution in [3.05, 3.63) is 24.2 Å².